The Labute approximate surface area is 106 Å². The van der Waals surface area contributed by atoms with Crippen molar-refractivity contribution in [2.24, 2.45) is 11.7 Å². The number of hydrogen-bond donors (Lipinski definition) is 1. The van der Waals surface area contributed by atoms with Gasteiger partial charge in [-0.05, 0) is 37.8 Å². The van der Waals surface area contributed by atoms with Crippen LogP contribution in [0.5, 0.6) is 0 Å². The molecule has 2 rings (SSSR count). The van der Waals surface area contributed by atoms with E-state index in [9.17, 15) is 10.1 Å². The summed E-state index contributed by atoms with van der Waals surface area (Å²) in [6.45, 7) is 2.44. The smallest absolute Gasteiger partial charge is 0.310 e. The second-order valence-corrected chi connectivity index (χ2v) is 4.63. The standard InChI is InChI=1S/C12H18N4O2/c13-5-1-10-3-7-15(8-4-10)11-2-6-14-9-12(11)16(17)18/h2,6,9-10H,1,3-5,7-8,13H2. The number of aromatic nitrogens is 1. The highest BCUT2D eigenvalue weighted by Gasteiger charge is 2.24. The van der Waals surface area contributed by atoms with Gasteiger partial charge >= 0.3 is 5.69 Å². The normalized spacial score (nSPS) is 16.8. The molecule has 0 atom stereocenters. The lowest BCUT2D eigenvalue weighted by Gasteiger charge is -2.33. The van der Waals surface area contributed by atoms with Crippen LogP contribution >= 0.6 is 0 Å². The van der Waals surface area contributed by atoms with Gasteiger partial charge in [0, 0.05) is 19.3 Å². The van der Waals surface area contributed by atoms with Crippen molar-refractivity contribution in [3.05, 3.63) is 28.6 Å². The minimum Gasteiger partial charge on any atom is -0.366 e. The molecule has 0 aromatic carbocycles. The SMILES string of the molecule is NCCC1CCN(c2ccncc2[N+](=O)[O-])CC1. The van der Waals surface area contributed by atoms with Crippen LogP contribution in [0.2, 0.25) is 0 Å². The van der Waals surface area contributed by atoms with Crippen LogP contribution in [0.4, 0.5) is 11.4 Å². The number of piperidine rings is 1. The Morgan fingerprint density at radius 2 is 2.22 bits per heavy atom. The predicted octanol–water partition coefficient (Wildman–Crippen LogP) is 1.56. The van der Waals surface area contributed by atoms with Crippen molar-refractivity contribution in [2.75, 3.05) is 24.5 Å². The molecule has 1 fully saturated rings. The Kier molecular flexibility index (Phi) is 4.09. The summed E-state index contributed by atoms with van der Waals surface area (Å²) in [6.07, 6.45) is 6.08. The zero-order chi connectivity index (χ0) is 13.0. The number of nitro groups is 1. The molecule has 1 saturated heterocycles. The molecule has 18 heavy (non-hydrogen) atoms. The summed E-state index contributed by atoms with van der Waals surface area (Å²) in [4.78, 5) is 16.5. The van der Waals surface area contributed by atoms with E-state index in [0.29, 0.717) is 11.6 Å². The first kappa shape index (κ1) is 12.8. The van der Waals surface area contributed by atoms with Crippen molar-refractivity contribution in [1.82, 2.24) is 4.98 Å². The zero-order valence-electron chi connectivity index (χ0n) is 10.3. The molecule has 98 valence electrons. The largest absolute Gasteiger partial charge is 0.366 e. The number of rotatable bonds is 4. The van der Waals surface area contributed by atoms with Crippen LogP contribution in [0.15, 0.2) is 18.5 Å². The summed E-state index contributed by atoms with van der Waals surface area (Å²) in [6, 6.07) is 1.72. The van der Waals surface area contributed by atoms with Crippen molar-refractivity contribution in [1.29, 1.82) is 0 Å². The molecule has 0 spiro atoms. The molecule has 6 nitrogen and oxygen atoms in total. The average Bonchev–Trinajstić information content (AvgIpc) is 2.40. The van der Waals surface area contributed by atoms with Gasteiger partial charge in [0.05, 0.1) is 4.92 Å². The Morgan fingerprint density at radius 3 is 2.83 bits per heavy atom. The van der Waals surface area contributed by atoms with Gasteiger partial charge in [-0.3, -0.25) is 15.1 Å². The fourth-order valence-electron chi connectivity index (χ4n) is 2.49. The molecule has 0 aliphatic carbocycles. The van der Waals surface area contributed by atoms with Crippen LogP contribution in [0, 0.1) is 16.0 Å². The summed E-state index contributed by atoms with van der Waals surface area (Å²) in [5.41, 5.74) is 6.33. The first-order valence-corrected chi connectivity index (χ1v) is 6.25. The van der Waals surface area contributed by atoms with Gasteiger partial charge in [-0.1, -0.05) is 0 Å². The molecule has 0 unspecified atom stereocenters. The molecule has 0 saturated carbocycles. The highest BCUT2D eigenvalue weighted by atomic mass is 16.6. The predicted molar refractivity (Wildman–Crippen MR) is 69.5 cm³/mol. The summed E-state index contributed by atoms with van der Waals surface area (Å²) >= 11 is 0. The maximum atomic E-state index is 11.0. The Balaban J connectivity index is 2.07. The first-order chi connectivity index (χ1) is 8.72. The number of pyridine rings is 1. The third kappa shape index (κ3) is 2.76. The van der Waals surface area contributed by atoms with Crippen LogP contribution < -0.4 is 10.6 Å². The van der Waals surface area contributed by atoms with Gasteiger partial charge in [0.15, 0.2) is 0 Å². The minimum absolute atomic E-state index is 0.0924. The van der Waals surface area contributed by atoms with Crippen molar-refractivity contribution in [3.63, 3.8) is 0 Å². The topological polar surface area (TPSA) is 85.3 Å². The quantitative estimate of drug-likeness (QED) is 0.647. The number of nitrogens with zero attached hydrogens (tertiary/aromatic N) is 3. The third-order valence-electron chi connectivity index (χ3n) is 3.50. The van der Waals surface area contributed by atoms with E-state index in [-0.39, 0.29) is 10.6 Å². The van der Waals surface area contributed by atoms with Crippen molar-refractivity contribution < 1.29 is 4.92 Å². The van der Waals surface area contributed by atoms with E-state index in [1.54, 1.807) is 12.3 Å². The molecule has 2 heterocycles. The Morgan fingerprint density at radius 1 is 1.50 bits per heavy atom. The molecule has 1 aliphatic rings. The molecule has 1 aromatic rings. The average molecular weight is 250 g/mol. The highest BCUT2D eigenvalue weighted by Crippen LogP contribution is 2.30. The van der Waals surface area contributed by atoms with Gasteiger partial charge in [-0.25, -0.2) is 0 Å². The van der Waals surface area contributed by atoms with Gasteiger partial charge in [0.2, 0.25) is 0 Å². The molecule has 2 N–H and O–H groups in total. The van der Waals surface area contributed by atoms with E-state index in [1.165, 1.54) is 6.20 Å². The molecule has 0 amide bonds. The van der Waals surface area contributed by atoms with Crippen LogP contribution in [0.1, 0.15) is 19.3 Å². The van der Waals surface area contributed by atoms with Crippen molar-refractivity contribution in [2.45, 2.75) is 19.3 Å². The van der Waals surface area contributed by atoms with Gasteiger partial charge in [-0.15, -0.1) is 0 Å². The molecule has 0 bridgehead atoms. The molecule has 1 aromatic heterocycles. The fourth-order valence-corrected chi connectivity index (χ4v) is 2.49. The summed E-state index contributed by atoms with van der Waals surface area (Å²) < 4.78 is 0. The van der Waals surface area contributed by atoms with Gasteiger partial charge < -0.3 is 10.6 Å². The highest BCUT2D eigenvalue weighted by molar-refractivity contribution is 5.61. The number of nitrogens with two attached hydrogens (primary N) is 1. The van der Waals surface area contributed by atoms with E-state index in [4.69, 9.17) is 5.73 Å². The second kappa shape index (κ2) is 5.77. The van der Waals surface area contributed by atoms with Gasteiger partial charge in [-0.2, -0.15) is 0 Å². The van der Waals surface area contributed by atoms with Crippen LogP contribution in [-0.2, 0) is 0 Å². The zero-order valence-corrected chi connectivity index (χ0v) is 10.3. The maximum Gasteiger partial charge on any atom is 0.310 e. The Hall–Kier alpha value is -1.69. The van der Waals surface area contributed by atoms with Crippen LogP contribution in [0.3, 0.4) is 0 Å². The Bertz CT molecular complexity index is 416. The lowest BCUT2D eigenvalue weighted by molar-refractivity contribution is -0.384. The van der Waals surface area contributed by atoms with E-state index >= 15 is 0 Å². The van der Waals surface area contributed by atoms with E-state index in [2.05, 4.69) is 9.88 Å². The maximum absolute atomic E-state index is 11.0. The molecule has 1 aliphatic heterocycles. The molecule has 6 heteroatoms. The molecular formula is C12H18N4O2. The fraction of sp³-hybridized carbons (Fsp3) is 0.583. The summed E-state index contributed by atoms with van der Waals surface area (Å²) in [5.74, 6) is 0.659. The van der Waals surface area contributed by atoms with E-state index < -0.39 is 0 Å². The second-order valence-electron chi connectivity index (χ2n) is 4.63. The molecular weight excluding hydrogens is 232 g/mol. The van der Waals surface area contributed by atoms with Crippen LogP contribution in [-0.4, -0.2) is 29.5 Å². The lowest BCUT2D eigenvalue weighted by Crippen LogP contribution is -2.34. The minimum atomic E-state index is -0.367. The molecule has 0 radical (unpaired) electrons. The van der Waals surface area contributed by atoms with E-state index in [1.807, 2.05) is 0 Å². The van der Waals surface area contributed by atoms with Gasteiger partial charge in [0.1, 0.15) is 11.9 Å². The third-order valence-corrected chi connectivity index (χ3v) is 3.50. The lowest BCUT2D eigenvalue weighted by atomic mass is 9.93. The summed E-state index contributed by atoms with van der Waals surface area (Å²) in [5, 5.41) is 11.0. The number of hydrogen-bond acceptors (Lipinski definition) is 5. The van der Waals surface area contributed by atoms with Crippen molar-refractivity contribution >= 4 is 11.4 Å². The first-order valence-electron chi connectivity index (χ1n) is 6.25. The monoisotopic (exact) mass is 250 g/mol. The van der Waals surface area contributed by atoms with Crippen molar-refractivity contribution in [3.8, 4) is 0 Å². The number of anilines is 1. The van der Waals surface area contributed by atoms with Crippen LogP contribution in [0.25, 0.3) is 0 Å². The van der Waals surface area contributed by atoms with E-state index in [0.717, 1.165) is 38.9 Å². The summed E-state index contributed by atoms with van der Waals surface area (Å²) in [7, 11) is 0. The van der Waals surface area contributed by atoms with Gasteiger partial charge in [0.25, 0.3) is 0 Å².